The highest BCUT2D eigenvalue weighted by molar-refractivity contribution is 4.73. The molecule has 122 valence electrons. The highest BCUT2D eigenvalue weighted by atomic mass is 16.9. The molecule has 1 aromatic rings. The normalized spacial score (nSPS) is 9.95. The van der Waals surface area contributed by atoms with E-state index in [9.17, 15) is 0 Å². The molecule has 0 radical (unpaired) electrons. The average molecular weight is 299 g/mol. The van der Waals surface area contributed by atoms with E-state index >= 15 is 0 Å². The molecule has 1 rings (SSSR count). The first-order valence-corrected chi connectivity index (χ1v) is 7.95. The quantitative estimate of drug-likeness (QED) is 0.371. The molecule has 0 aliphatic heterocycles. The lowest BCUT2D eigenvalue weighted by Gasteiger charge is -2.03. The Kier molecular flexibility index (Phi) is 13.7. The van der Waals surface area contributed by atoms with E-state index in [1.165, 1.54) is 64.2 Å². The Hall–Kier alpha value is -1.59. The van der Waals surface area contributed by atoms with Crippen molar-refractivity contribution in [2.24, 2.45) is 0 Å². The first-order chi connectivity index (χ1) is 10.2. The number of hydrogen-bond donors (Lipinski definition) is 1. The van der Waals surface area contributed by atoms with Gasteiger partial charge in [-0.3, -0.25) is 0 Å². The molecule has 0 saturated heterocycles. The molecule has 1 aromatic heterocycles. The predicted molar refractivity (Wildman–Crippen MR) is 82.9 cm³/mol. The van der Waals surface area contributed by atoms with Crippen molar-refractivity contribution >= 4 is 0 Å². The van der Waals surface area contributed by atoms with Crippen LogP contribution in [0, 0.1) is 10.1 Å². The van der Waals surface area contributed by atoms with E-state index in [4.69, 9.17) is 15.3 Å². The molecule has 21 heavy (non-hydrogen) atoms. The van der Waals surface area contributed by atoms with Crippen LogP contribution in [-0.4, -0.2) is 19.8 Å². The summed E-state index contributed by atoms with van der Waals surface area (Å²) in [6, 6.07) is 0. The van der Waals surface area contributed by atoms with Crippen molar-refractivity contribution in [3.8, 4) is 0 Å². The number of imidazole rings is 1. The smallest absolute Gasteiger partial charge is 0.291 e. The molecule has 0 aliphatic rings. The summed E-state index contributed by atoms with van der Waals surface area (Å²) >= 11 is 0. The number of rotatable bonds is 11. The van der Waals surface area contributed by atoms with Crippen molar-refractivity contribution in [2.75, 3.05) is 0 Å². The van der Waals surface area contributed by atoms with Crippen LogP contribution in [0.4, 0.5) is 0 Å². The molecule has 0 unspecified atom stereocenters. The SMILES string of the molecule is CCCCCCCCCCCCn1ccnc1.O=[N+]([O-])O. The van der Waals surface area contributed by atoms with Crippen molar-refractivity contribution in [1.29, 1.82) is 0 Å². The minimum absolute atomic E-state index is 1.14. The molecular weight excluding hydrogens is 270 g/mol. The van der Waals surface area contributed by atoms with E-state index in [1.54, 1.807) is 0 Å². The van der Waals surface area contributed by atoms with Crippen LogP contribution in [0.2, 0.25) is 0 Å². The molecule has 1 N–H and O–H groups in total. The van der Waals surface area contributed by atoms with E-state index in [0.29, 0.717) is 0 Å². The summed E-state index contributed by atoms with van der Waals surface area (Å²) in [7, 11) is 0. The maximum Gasteiger partial charge on any atom is 0.291 e. The summed E-state index contributed by atoms with van der Waals surface area (Å²) in [4.78, 5) is 12.4. The lowest BCUT2D eigenvalue weighted by Crippen LogP contribution is -1.93. The summed E-state index contributed by atoms with van der Waals surface area (Å²) in [6.45, 7) is 3.41. The first kappa shape index (κ1) is 19.4. The Bertz CT molecular complexity index is 325. The lowest BCUT2D eigenvalue weighted by molar-refractivity contribution is -0.742. The number of unbranched alkanes of at least 4 members (excludes halogenated alkanes) is 9. The van der Waals surface area contributed by atoms with Crippen molar-refractivity contribution in [3.63, 3.8) is 0 Å². The Morgan fingerprint density at radius 3 is 1.95 bits per heavy atom. The van der Waals surface area contributed by atoms with Gasteiger partial charge in [0.25, 0.3) is 5.09 Å². The van der Waals surface area contributed by atoms with Crippen molar-refractivity contribution in [2.45, 2.75) is 77.7 Å². The highest BCUT2D eigenvalue weighted by Crippen LogP contribution is 2.10. The summed E-state index contributed by atoms with van der Waals surface area (Å²) in [5, 5.41) is 13.6. The van der Waals surface area contributed by atoms with Gasteiger partial charge in [-0.05, 0) is 6.42 Å². The van der Waals surface area contributed by atoms with Gasteiger partial charge in [-0.15, -0.1) is 10.1 Å². The molecule has 0 atom stereocenters. The zero-order chi connectivity index (χ0) is 15.8. The fourth-order valence-corrected chi connectivity index (χ4v) is 2.20. The van der Waals surface area contributed by atoms with E-state index in [2.05, 4.69) is 16.5 Å². The number of aromatic nitrogens is 2. The maximum absolute atomic E-state index is 8.36. The van der Waals surface area contributed by atoms with E-state index < -0.39 is 5.09 Å². The molecular formula is C15H29N3O3. The van der Waals surface area contributed by atoms with Crippen LogP contribution in [0.3, 0.4) is 0 Å². The Balaban J connectivity index is 0.000000885. The summed E-state index contributed by atoms with van der Waals surface area (Å²) in [5.74, 6) is 0. The standard InChI is InChI=1S/C15H28N2.HNO3/c1-2-3-4-5-6-7-8-9-10-11-13-17-14-12-16-15-17;2-1(3)4/h12,14-15H,2-11,13H2,1H3;(H,2,3,4). The zero-order valence-corrected chi connectivity index (χ0v) is 13.1. The summed E-state index contributed by atoms with van der Waals surface area (Å²) < 4.78 is 2.17. The molecule has 0 spiro atoms. The van der Waals surface area contributed by atoms with Crippen LogP contribution < -0.4 is 0 Å². The van der Waals surface area contributed by atoms with Crippen LogP contribution >= 0.6 is 0 Å². The fraction of sp³-hybridized carbons (Fsp3) is 0.800. The topological polar surface area (TPSA) is 81.2 Å². The van der Waals surface area contributed by atoms with Crippen LogP contribution in [-0.2, 0) is 6.54 Å². The third kappa shape index (κ3) is 16.4. The summed E-state index contributed by atoms with van der Waals surface area (Å²) in [6.07, 6.45) is 19.9. The molecule has 0 amide bonds. The number of hydrogen-bond acceptors (Lipinski definition) is 3. The van der Waals surface area contributed by atoms with Crippen LogP contribution in [0.15, 0.2) is 18.7 Å². The first-order valence-electron chi connectivity index (χ1n) is 7.95. The molecule has 6 nitrogen and oxygen atoms in total. The van der Waals surface area contributed by atoms with E-state index in [0.717, 1.165) is 6.54 Å². The van der Waals surface area contributed by atoms with E-state index in [1.807, 2.05) is 18.7 Å². The Morgan fingerprint density at radius 1 is 1.05 bits per heavy atom. The van der Waals surface area contributed by atoms with Gasteiger partial charge >= 0.3 is 0 Å². The molecule has 0 aromatic carbocycles. The van der Waals surface area contributed by atoms with Gasteiger partial charge in [-0.25, -0.2) is 4.98 Å². The number of nitrogens with zero attached hydrogens (tertiary/aromatic N) is 3. The van der Waals surface area contributed by atoms with Gasteiger partial charge in [-0.2, -0.15) is 0 Å². The Morgan fingerprint density at radius 2 is 1.52 bits per heavy atom. The van der Waals surface area contributed by atoms with Gasteiger partial charge in [0.15, 0.2) is 0 Å². The summed E-state index contributed by atoms with van der Waals surface area (Å²) in [5.41, 5.74) is 0. The number of aryl methyl sites for hydroxylation is 1. The van der Waals surface area contributed by atoms with Gasteiger partial charge in [0.1, 0.15) is 0 Å². The van der Waals surface area contributed by atoms with Crippen LogP contribution in [0.5, 0.6) is 0 Å². The van der Waals surface area contributed by atoms with Gasteiger partial charge in [0.05, 0.1) is 6.33 Å². The third-order valence-electron chi connectivity index (χ3n) is 3.33. The van der Waals surface area contributed by atoms with Crippen molar-refractivity contribution in [3.05, 3.63) is 28.8 Å². The van der Waals surface area contributed by atoms with Crippen molar-refractivity contribution < 1.29 is 10.3 Å². The van der Waals surface area contributed by atoms with Gasteiger partial charge in [-0.1, -0.05) is 64.7 Å². The monoisotopic (exact) mass is 299 g/mol. The molecule has 0 fully saturated rings. The minimum atomic E-state index is -1.50. The van der Waals surface area contributed by atoms with Gasteiger partial charge < -0.3 is 9.77 Å². The third-order valence-corrected chi connectivity index (χ3v) is 3.33. The average Bonchev–Trinajstić information content (AvgIpc) is 2.93. The van der Waals surface area contributed by atoms with Crippen LogP contribution in [0.25, 0.3) is 0 Å². The zero-order valence-electron chi connectivity index (χ0n) is 13.1. The lowest BCUT2D eigenvalue weighted by atomic mass is 10.1. The second-order valence-corrected chi connectivity index (χ2v) is 5.22. The predicted octanol–water partition coefficient (Wildman–Crippen LogP) is 4.46. The molecule has 0 aliphatic carbocycles. The molecule has 0 bridgehead atoms. The fourth-order valence-electron chi connectivity index (χ4n) is 2.20. The molecule has 6 heteroatoms. The van der Waals surface area contributed by atoms with Gasteiger partial charge in [0.2, 0.25) is 0 Å². The second-order valence-electron chi connectivity index (χ2n) is 5.22. The highest BCUT2D eigenvalue weighted by Gasteiger charge is 1.93. The van der Waals surface area contributed by atoms with Crippen molar-refractivity contribution in [1.82, 2.24) is 9.55 Å². The van der Waals surface area contributed by atoms with Crippen LogP contribution in [0.1, 0.15) is 71.1 Å². The minimum Gasteiger partial charge on any atom is -0.337 e. The van der Waals surface area contributed by atoms with Gasteiger partial charge in [0, 0.05) is 18.9 Å². The maximum atomic E-state index is 8.36. The Labute approximate surface area is 127 Å². The molecule has 1 heterocycles. The van der Waals surface area contributed by atoms with E-state index in [-0.39, 0.29) is 0 Å². The largest absolute Gasteiger partial charge is 0.337 e. The second kappa shape index (κ2) is 14.8. The molecule has 0 saturated carbocycles.